The van der Waals surface area contributed by atoms with E-state index in [2.05, 4.69) is 29.8 Å². The molecule has 0 radical (unpaired) electrons. The number of carbonyl (C=O) groups excluding carboxylic acids is 2. The number of amides is 2. The van der Waals surface area contributed by atoms with Gasteiger partial charge in [0.05, 0.1) is 5.92 Å². The van der Waals surface area contributed by atoms with E-state index in [1.807, 2.05) is 48.3 Å². The molecule has 4 atom stereocenters. The zero-order valence-corrected chi connectivity index (χ0v) is 19.8. The lowest BCUT2D eigenvalue weighted by Crippen LogP contribution is -2.57. The smallest absolute Gasteiger partial charge is 0.255 e. The van der Waals surface area contributed by atoms with E-state index < -0.39 is 0 Å². The van der Waals surface area contributed by atoms with Crippen LogP contribution in [0.3, 0.4) is 0 Å². The van der Waals surface area contributed by atoms with Gasteiger partial charge >= 0.3 is 0 Å². The molecule has 3 heterocycles. The van der Waals surface area contributed by atoms with Gasteiger partial charge in [-0.05, 0) is 92.5 Å². The molecule has 5 rings (SSSR count). The van der Waals surface area contributed by atoms with E-state index >= 15 is 0 Å². The van der Waals surface area contributed by atoms with Crippen molar-refractivity contribution in [3.63, 3.8) is 0 Å². The Morgan fingerprint density at radius 2 is 2.00 bits per heavy atom. The van der Waals surface area contributed by atoms with Crippen molar-refractivity contribution in [2.75, 3.05) is 30.8 Å². The Labute approximate surface area is 196 Å². The second kappa shape index (κ2) is 8.82. The number of nitrogens with one attached hydrogen (secondary N) is 3. The summed E-state index contributed by atoms with van der Waals surface area (Å²) in [6, 6.07) is 12.6. The number of anilines is 2. The van der Waals surface area contributed by atoms with Crippen molar-refractivity contribution < 1.29 is 9.59 Å². The van der Waals surface area contributed by atoms with Crippen LogP contribution in [0.2, 0.25) is 0 Å². The normalized spacial score (nSPS) is 26.8. The molecule has 0 aliphatic carbocycles. The van der Waals surface area contributed by atoms with Crippen LogP contribution >= 0.6 is 0 Å². The molecule has 6 nitrogen and oxygen atoms in total. The minimum atomic E-state index is -0.168. The summed E-state index contributed by atoms with van der Waals surface area (Å²) in [4.78, 5) is 28.3. The first kappa shape index (κ1) is 22.0. The van der Waals surface area contributed by atoms with Crippen molar-refractivity contribution in [3.8, 4) is 0 Å². The number of likely N-dealkylation sites (tertiary alicyclic amines) is 1. The van der Waals surface area contributed by atoms with E-state index in [0.717, 1.165) is 61.3 Å². The van der Waals surface area contributed by atoms with Crippen molar-refractivity contribution in [1.29, 1.82) is 0 Å². The number of hydrogen-bond donors (Lipinski definition) is 3. The predicted octanol–water partition coefficient (Wildman–Crippen LogP) is 3.92. The minimum absolute atomic E-state index is 0.115. The van der Waals surface area contributed by atoms with Crippen molar-refractivity contribution in [3.05, 3.63) is 58.7 Å². The highest BCUT2D eigenvalue weighted by Gasteiger charge is 2.43. The van der Waals surface area contributed by atoms with Crippen molar-refractivity contribution in [1.82, 2.24) is 10.2 Å². The summed E-state index contributed by atoms with van der Waals surface area (Å²) in [7, 11) is 1.95. The minimum Gasteiger partial charge on any atom is -0.385 e. The molecule has 3 aliphatic heterocycles. The molecule has 3 aliphatic rings. The zero-order valence-electron chi connectivity index (χ0n) is 19.8. The Hall–Kier alpha value is -2.86. The summed E-state index contributed by atoms with van der Waals surface area (Å²) in [6.45, 7) is 6.17. The van der Waals surface area contributed by atoms with Crippen LogP contribution in [0, 0.1) is 12.8 Å². The monoisotopic (exact) mass is 446 g/mol. The molecule has 0 spiro atoms. The second-order valence-electron chi connectivity index (χ2n) is 10.0. The van der Waals surface area contributed by atoms with Crippen molar-refractivity contribution in [2.24, 2.45) is 5.92 Å². The highest BCUT2D eigenvalue weighted by atomic mass is 16.2. The Kier molecular flexibility index (Phi) is 5.87. The largest absolute Gasteiger partial charge is 0.385 e. The average molecular weight is 447 g/mol. The van der Waals surface area contributed by atoms with Crippen LogP contribution in [0.5, 0.6) is 0 Å². The molecule has 174 valence electrons. The molecule has 0 saturated carbocycles. The number of aryl methyl sites for hydroxylation is 2. The van der Waals surface area contributed by atoms with E-state index in [1.54, 1.807) is 0 Å². The van der Waals surface area contributed by atoms with Gasteiger partial charge in [0.25, 0.3) is 5.91 Å². The van der Waals surface area contributed by atoms with Gasteiger partial charge < -0.3 is 20.9 Å². The number of hydrogen-bond acceptors (Lipinski definition) is 4. The second-order valence-corrected chi connectivity index (χ2v) is 10.0. The fourth-order valence-corrected chi connectivity index (χ4v) is 5.83. The van der Waals surface area contributed by atoms with Gasteiger partial charge in [0, 0.05) is 49.2 Å². The summed E-state index contributed by atoms with van der Waals surface area (Å²) >= 11 is 0. The lowest BCUT2D eigenvalue weighted by Gasteiger charge is -2.47. The number of nitrogens with zero attached hydrogens (tertiary/aromatic N) is 1. The molecule has 4 unspecified atom stereocenters. The van der Waals surface area contributed by atoms with Crippen LogP contribution in [-0.2, 0) is 11.2 Å². The maximum absolute atomic E-state index is 13.3. The van der Waals surface area contributed by atoms with Crippen LogP contribution < -0.4 is 16.0 Å². The van der Waals surface area contributed by atoms with Crippen molar-refractivity contribution >= 4 is 23.2 Å². The number of likely N-dealkylation sites (N-methyl/N-ethyl adjacent to an activating group) is 1. The summed E-state index contributed by atoms with van der Waals surface area (Å²) in [5, 5.41) is 10.0. The van der Waals surface area contributed by atoms with Crippen LogP contribution in [-0.4, -0.2) is 48.9 Å². The third kappa shape index (κ3) is 4.24. The molecule has 33 heavy (non-hydrogen) atoms. The maximum atomic E-state index is 13.3. The van der Waals surface area contributed by atoms with E-state index in [4.69, 9.17) is 0 Å². The maximum Gasteiger partial charge on any atom is 0.255 e. The molecule has 0 bridgehead atoms. The van der Waals surface area contributed by atoms with E-state index in [-0.39, 0.29) is 17.7 Å². The van der Waals surface area contributed by atoms with Crippen LogP contribution in [0.25, 0.3) is 0 Å². The number of fused-ring (bicyclic) bond motifs is 2. The molecular weight excluding hydrogens is 412 g/mol. The first-order valence-corrected chi connectivity index (χ1v) is 12.2. The molecular formula is C27H34N4O2. The van der Waals surface area contributed by atoms with E-state index in [1.165, 1.54) is 5.56 Å². The van der Waals surface area contributed by atoms with E-state index in [0.29, 0.717) is 23.6 Å². The van der Waals surface area contributed by atoms with Gasteiger partial charge in [0.2, 0.25) is 5.91 Å². The first-order chi connectivity index (χ1) is 15.9. The standard InChI is InChI=1S/C27H34N4O2/c1-16-6-8-21(30-26(32)19-7-9-24-18(12-19)5-4-10-28-24)14-22(16)23-13-20-15-29-17(2)11-25(20)31(3)27(23)33/h6-9,12,14,17,20,23,25,28-29H,4-5,10-11,13,15H2,1-3H3,(H,30,32). The molecule has 2 saturated heterocycles. The fourth-order valence-electron chi connectivity index (χ4n) is 5.83. The van der Waals surface area contributed by atoms with Gasteiger partial charge in [-0.25, -0.2) is 0 Å². The van der Waals surface area contributed by atoms with Crippen molar-refractivity contribution in [2.45, 2.75) is 57.5 Å². The van der Waals surface area contributed by atoms with Crippen LogP contribution in [0.4, 0.5) is 11.4 Å². The highest BCUT2D eigenvalue weighted by molar-refractivity contribution is 6.04. The van der Waals surface area contributed by atoms with Gasteiger partial charge in [0.1, 0.15) is 0 Å². The van der Waals surface area contributed by atoms with Crippen LogP contribution in [0.15, 0.2) is 36.4 Å². The number of benzene rings is 2. The number of rotatable bonds is 3. The SMILES string of the molecule is Cc1ccc(NC(=O)c2ccc3c(c2)CCCN3)cc1C1CC2CNC(C)CC2N(C)C1=O. The molecule has 3 N–H and O–H groups in total. The Morgan fingerprint density at radius 3 is 2.85 bits per heavy atom. The van der Waals surface area contributed by atoms with Gasteiger partial charge in [-0.15, -0.1) is 0 Å². The summed E-state index contributed by atoms with van der Waals surface area (Å²) in [5.41, 5.74) is 5.84. The van der Waals surface area contributed by atoms with Gasteiger partial charge in [-0.1, -0.05) is 6.07 Å². The Balaban J connectivity index is 1.36. The lowest BCUT2D eigenvalue weighted by molar-refractivity contribution is -0.140. The number of carbonyl (C=O) groups is 2. The molecule has 2 amide bonds. The summed E-state index contributed by atoms with van der Waals surface area (Å²) in [5.74, 6) is 0.365. The highest BCUT2D eigenvalue weighted by Crippen LogP contribution is 2.39. The van der Waals surface area contributed by atoms with Gasteiger partial charge in [-0.2, -0.15) is 0 Å². The number of piperidine rings is 2. The molecule has 2 aromatic rings. The molecule has 2 aromatic carbocycles. The third-order valence-electron chi connectivity index (χ3n) is 7.77. The summed E-state index contributed by atoms with van der Waals surface area (Å²) < 4.78 is 0. The van der Waals surface area contributed by atoms with Gasteiger partial charge in [0.15, 0.2) is 0 Å². The Morgan fingerprint density at radius 1 is 1.15 bits per heavy atom. The van der Waals surface area contributed by atoms with Gasteiger partial charge in [-0.3, -0.25) is 9.59 Å². The Bertz CT molecular complexity index is 1080. The molecule has 2 fully saturated rings. The molecule has 6 heteroatoms. The van der Waals surface area contributed by atoms with Crippen LogP contribution in [0.1, 0.15) is 59.2 Å². The quantitative estimate of drug-likeness (QED) is 0.668. The lowest BCUT2D eigenvalue weighted by atomic mass is 9.75. The van der Waals surface area contributed by atoms with E-state index in [9.17, 15) is 9.59 Å². The topological polar surface area (TPSA) is 73.5 Å². The first-order valence-electron chi connectivity index (χ1n) is 12.2. The zero-order chi connectivity index (χ0) is 23.1. The average Bonchev–Trinajstić information content (AvgIpc) is 2.82. The summed E-state index contributed by atoms with van der Waals surface area (Å²) in [6.07, 6.45) is 3.93. The fraction of sp³-hybridized carbons (Fsp3) is 0.481. The molecule has 0 aromatic heterocycles. The third-order valence-corrected chi connectivity index (χ3v) is 7.77. The predicted molar refractivity (Wildman–Crippen MR) is 132 cm³/mol.